The molecule has 3 aromatic rings. The molecule has 1 N–H and O–H groups in total. The molecule has 3 rings (SSSR count). The van der Waals surface area contributed by atoms with Gasteiger partial charge in [-0.05, 0) is 44.2 Å². The van der Waals surface area contributed by atoms with E-state index in [0.29, 0.717) is 11.6 Å². The molecule has 0 saturated carbocycles. The maximum atomic E-state index is 12.5. The van der Waals surface area contributed by atoms with Gasteiger partial charge in [-0.3, -0.25) is 0 Å². The Hall–Kier alpha value is -2.71. The number of nitrogens with one attached hydrogen (secondary N) is 1. The molecule has 0 radical (unpaired) electrons. The summed E-state index contributed by atoms with van der Waals surface area (Å²) in [7, 11) is -2.21. The smallest absolute Gasteiger partial charge is 0.244 e. The van der Waals surface area contributed by atoms with Crippen molar-refractivity contribution in [2.75, 3.05) is 7.11 Å². The summed E-state index contributed by atoms with van der Waals surface area (Å²) in [6.45, 7) is 3.62. The number of methoxy groups -OCH3 is 1. The Bertz CT molecular complexity index is 997. The number of hydrogen-bond acceptors (Lipinski definition) is 6. The molecule has 0 bridgehead atoms. The molecule has 136 valence electrons. The summed E-state index contributed by atoms with van der Waals surface area (Å²) in [5.74, 6) is 1.19. The topological polar surface area (TPSA) is 94.3 Å². The molecule has 0 saturated heterocycles. The monoisotopic (exact) mass is 373 g/mol. The third kappa shape index (κ3) is 3.92. The second kappa shape index (κ2) is 7.27. The first kappa shape index (κ1) is 18.1. The Morgan fingerprint density at radius 1 is 1.15 bits per heavy atom. The van der Waals surface area contributed by atoms with Crippen LogP contribution in [0.2, 0.25) is 0 Å². The van der Waals surface area contributed by atoms with E-state index in [1.54, 1.807) is 19.1 Å². The number of sulfonamides is 1. The molecule has 1 heterocycles. The predicted octanol–water partition coefficient (Wildman–Crippen LogP) is 3.09. The number of rotatable bonds is 6. The summed E-state index contributed by atoms with van der Waals surface area (Å²) < 4.78 is 37.8. The van der Waals surface area contributed by atoms with Crippen molar-refractivity contribution in [2.45, 2.75) is 24.8 Å². The van der Waals surface area contributed by atoms with Crippen LogP contribution < -0.4 is 9.46 Å². The highest BCUT2D eigenvalue weighted by Gasteiger charge is 2.22. The van der Waals surface area contributed by atoms with Crippen LogP contribution in [-0.2, 0) is 10.0 Å². The van der Waals surface area contributed by atoms with Crippen LogP contribution >= 0.6 is 0 Å². The minimum Gasteiger partial charge on any atom is -0.497 e. The molecule has 0 aliphatic carbocycles. The summed E-state index contributed by atoms with van der Waals surface area (Å²) in [5.41, 5.74) is 1.88. The molecule has 8 heteroatoms. The molecule has 0 unspecified atom stereocenters. The Morgan fingerprint density at radius 3 is 2.54 bits per heavy atom. The molecular formula is C18H19N3O4S. The van der Waals surface area contributed by atoms with Gasteiger partial charge in [0.05, 0.1) is 18.0 Å². The molecule has 0 aliphatic heterocycles. The van der Waals surface area contributed by atoms with Gasteiger partial charge in [0.1, 0.15) is 5.75 Å². The van der Waals surface area contributed by atoms with Crippen LogP contribution in [0.1, 0.15) is 24.4 Å². The lowest BCUT2D eigenvalue weighted by atomic mass is 10.1. The van der Waals surface area contributed by atoms with Gasteiger partial charge < -0.3 is 9.26 Å². The Balaban J connectivity index is 1.78. The van der Waals surface area contributed by atoms with Gasteiger partial charge in [-0.15, -0.1) is 0 Å². The van der Waals surface area contributed by atoms with Crippen LogP contribution in [0, 0.1) is 6.92 Å². The third-order valence-electron chi connectivity index (χ3n) is 3.79. The highest BCUT2D eigenvalue weighted by atomic mass is 32.2. The van der Waals surface area contributed by atoms with Gasteiger partial charge in [0, 0.05) is 5.56 Å². The normalized spacial score (nSPS) is 12.7. The lowest BCUT2D eigenvalue weighted by molar-refractivity contribution is 0.354. The zero-order valence-corrected chi connectivity index (χ0v) is 15.4. The van der Waals surface area contributed by atoms with E-state index in [1.165, 1.54) is 19.2 Å². The summed E-state index contributed by atoms with van der Waals surface area (Å²) in [6, 6.07) is 13.1. The van der Waals surface area contributed by atoms with Crippen LogP contribution in [0.3, 0.4) is 0 Å². The number of hydrogen-bond donors (Lipinski definition) is 1. The van der Waals surface area contributed by atoms with Crippen molar-refractivity contribution in [1.82, 2.24) is 14.9 Å². The van der Waals surface area contributed by atoms with Crippen LogP contribution in [0.25, 0.3) is 11.4 Å². The Kier molecular flexibility index (Phi) is 5.06. The number of aryl methyl sites for hydroxylation is 1. The number of benzene rings is 2. The van der Waals surface area contributed by atoms with E-state index in [0.717, 1.165) is 11.1 Å². The molecule has 0 amide bonds. The minimum absolute atomic E-state index is 0.128. The van der Waals surface area contributed by atoms with Gasteiger partial charge >= 0.3 is 0 Å². The largest absolute Gasteiger partial charge is 0.497 e. The summed E-state index contributed by atoms with van der Waals surface area (Å²) >= 11 is 0. The highest BCUT2D eigenvalue weighted by molar-refractivity contribution is 7.89. The second-order valence-electron chi connectivity index (χ2n) is 5.84. The molecule has 7 nitrogen and oxygen atoms in total. The van der Waals surface area contributed by atoms with Crippen molar-refractivity contribution in [3.63, 3.8) is 0 Å². The van der Waals surface area contributed by atoms with Crippen LogP contribution in [0.15, 0.2) is 57.9 Å². The van der Waals surface area contributed by atoms with Crippen molar-refractivity contribution in [3.8, 4) is 17.1 Å². The maximum Gasteiger partial charge on any atom is 0.244 e. The second-order valence-corrected chi connectivity index (χ2v) is 7.56. The maximum absolute atomic E-state index is 12.5. The van der Waals surface area contributed by atoms with Crippen molar-refractivity contribution in [3.05, 3.63) is 60.0 Å². The Labute approximate surface area is 152 Å². The van der Waals surface area contributed by atoms with Gasteiger partial charge in [0.25, 0.3) is 0 Å². The van der Waals surface area contributed by atoms with Crippen molar-refractivity contribution >= 4 is 10.0 Å². The van der Waals surface area contributed by atoms with Gasteiger partial charge in [-0.2, -0.15) is 9.71 Å². The molecular weight excluding hydrogens is 354 g/mol. The quantitative estimate of drug-likeness (QED) is 0.713. The van der Waals surface area contributed by atoms with E-state index in [1.807, 2.05) is 31.2 Å². The molecule has 0 aliphatic rings. The van der Waals surface area contributed by atoms with E-state index in [4.69, 9.17) is 9.26 Å². The lowest BCUT2D eigenvalue weighted by Gasteiger charge is -2.11. The van der Waals surface area contributed by atoms with Crippen LogP contribution in [-0.4, -0.2) is 25.7 Å². The lowest BCUT2D eigenvalue weighted by Crippen LogP contribution is -2.27. The van der Waals surface area contributed by atoms with E-state index in [-0.39, 0.29) is 10.8 Å². The molecule has 0 spiro atoms. The van der Waals surface area contributed by atoms with E-state index < -0.39 is 16.1 Å². The zero-order valence-electron chi connectivity index (χ0n) is 14.6. The van der Waals surface area contributed by atoms with Gasteiger partial charge in [-0.25, -0.2) is 8.42 Å². The zero-order chi connectivity index (χ0) is 18.7. The Morgan fingerprint density at radius 2 is 1.88 bits per heavy atom. The summed E-state index contributed by atoms with van der Waals surface area (Å²) in [5, 5.41) is 3.94. The average molecular weight is 373 g/mol. The van der Waals surface area contributed by atoms with Crippen molar-refractivity contribution < 1.29 is 17.7 Å². The molecule has 2 aromatic carbocycles. The molecule has 1 aromatic heterocycles. The van der Waals surface area contributed by atoms with Gasteiger partial charge in [0.2, 0.25) is 21.7 Å². The van der Waals surface area contributed by atoms with Crippen molar-refractivity contribution in [1.29, 1.82) is 0 Å². The third-order valence-corrected chi connectivity index (χ3v) is 5.35. The molecule has 1 atom stereocenters. The molecule has 26 heavy (non-hydrogen) atoms. The first-order chi connectivity index (χ1) is 12.4. The van der Waals surface area contributed by atoms with Gasteiger partial charge in [-0.1, -0.05) is 28.9 Å². The summed E-state index contributed by atoms with van der Waals surface area (Å²) in [4.78, 5) is 4.43. The highest BCUT2D eigenvalue weighted by Crippen LogP contribution is 2.22. The number of aromatic nitrogens is 2. The predicted molar refractivity (Wildman–Crippen MR) is 96.2 cm³/mol. The van der Waals surface area contributed by atoms with Crippen LogP contribution in [0.5, 0.6) is 5.75 Å². The summed E-state index contributed by atoms with van der Waals surface area (Å²) in [6.07, 6.45) is 0. The first-order valence-electron chi connectivity index (χ1n) is 7.96. The fourth-order valence-electron chi connectivity index (χ4n) is 2.42. The van der Waals surface area contributed by atoms with Crippen LogP contribution in [0.4, 0.5) is 0 Å². The van der Waals surface area contributed by atoms with Crippen molar-refractivity contribution in [2.24, 2.45) is 0 Å². The fraction of sp³-hybridized carbons (Fsp3) is 0.222. The van der Waals surface area contributed by atoms with E-state index in [9.17, 15) is 8.42 Å². The SMILES string of the molecule is COc1ccc(S(=O)(=O)N[C@@H](C)c2nc(-c3cccc(C)c3)no2)cc1. The minimum atomic E-state index is -3.73. The number of ether oxygens (including phenoxy) is 1. The fourth-order valence-corrected chi connectivity index (χ4v) is 3.62. The van der Waals surface area contributed by atoms with E-state index >= 15 is 0 Å². The first-order valence-corrected chi connectivity index (χ1v) is 9.44. The molecule has 0 fully saturated rings. The number of nitrogens with zero attached hydrogens (tertiary/aromatic N) is 2. The standard InChI is InChI=1S/C18H19N3O4S/c1-12-5-4-6-14(11-12)17-19-18(25-20-17)13(2)21-26(22,23)16-9-7-15(24-3)8-10-16/h4-11,13,21H,1-3H3/t13-/m0/s1. The average Bonchev–Trinajstić information content (AvgIpc) is 3.12. The van der Waals surface area contributed by atoms with E-state index in [2.05, 4.69) is 14.9 Å². The van der Waals surface area contributed by atoms with Gasteiger partial charge in [0.15, 0.2) is 0 Å².